The third-order valence-corrected chi connectivity index (χ3v) is 14.7. The highest BCUT2D eigenvalue weighted by Crippen LogP contribution is 2.81. The third-order valence-electron chi connectivity index (χ3n) is 4.44. The van der Waals surface area contributed by atoms with Gasteiger partial charge in [0.05, 0.1) is 26.7 Å². The molecule has 0 heterocycles. The predicted molar refractivity (Wildman–Crippen MR) is 137 cm³/mol. The second-order valence-corrected chi connectivity index (χ2v) is 21.9. The normalized spacial score (nSPS) is 15.5. The van der Waals surface area contributed by atoms with Crippen LogP contribution in [0.15, 0.2) is 0 Å². The largest absolute Gasteiger partial charge is 0.476 e. The van der Waals surface area contributed by atoms with Crippen molar-refractivity contribution in [2.45, 2.75) is 82.8 Å². The van der Waals surface area contributed by atoms with Crippen LogP contribution in [0.5, 0.6) is 0 Å². The first-order valence-electron chi connectivity index (χ1n) is 10.9. The first-order valence-corrected chi connectivity index (χ1v) is 19.8. The number of quaternary nitrogens is 1. The molecule has 4 N–H and O–H groups in total. The average Bonchev–Trinajstić information content (AvgIpc) is 2.59. The van der Waals surface area contributed by atoms with Crippen LogP contribution >= 0.6 is 46.2 Å². The minimum Gasteiger partial charge on any atom is -0.348 e. The van der Waals surface area contributed by atoms with Crippen LogP contribution in [0.3, 0.4) is 0 Å². The summed E-state index contributed by atoms with van der Waals surface area (Å²) in [5.41, 5.74) is 0. The quantitative estimate of drug-likeness (QED) is 0.0744. The molecule has 0 aromatic heterocycles. The smallest absolute Gasteiger partial charge is 0.348 e. The van der Waals surface area contributed by atoms with E-state index in [-0.39, 0.29) is 0 Å². The summed E-state index contributed by atoms with van der Waals surface area (Å²) >= 11 is 10.6. The Morgan fingerprint density at radius 3 is 1.36 bits per heavy atom. The van der Waals surface area contributed by atoms with Gasteiger partial charge in [0.15, 0.2) is 8.32 Å². The Kier molecular flexibility index (Phi) is 16.3. The minimum absolute atomic E-state index is 1.32. The van der Waals surface area contributed by atoms with Crippen LogP contribution in [0.1, 0.15) is 59.3 Å². The summed E-state index contributed by atoms with van der Waals surface area (Å²) in [6, 6.07) is 0. The maximum Gasteiger partial charge on any atom is 0.476 e. The molecule has 16 heteroatoms. The van der Waals surface area contributed by atoms with Crippen molar-refractivity contribution in [1.29, 1.82) is 0 Å². The Balaban J connectivity index is 0. The second-order valence-electron chi connectivity index (χ2n) is 9.18. The molecule has 202 valence electrons. The summed E-state index contributed by atoms with van der Waals surface area (Å²) in [4.78, 5) is 35.2. The molecule has 0 saturated carbocycles. The van der Waals surface area contributed by atoms with Gasteiger partial charge in [0, 0.05) is 0 Å². The van der Waals surface area contributed by atoms with Crippen LogP contribution in [0.2, 0.25) is 19.6 Å². The molecule has 0 aromatic rings. The molecule has 0 amide bonds. The van der Waals surface area contributed by atoms with Gasteiger partial charge in [-0.2, -0.15) is 0 Å². The lowest BCUT2D eigenvalue weighted by molar-refractivity contribution is -0.910. The van der Waals surface area contributed by atoms with E-state index < -0.39 is 35.1 Å². The van der Waals surface area contributed by atoms with Gasteiger partial charge >= 0.3 is 26.8 Å². The molecule has 0 bridgehead atoms. The van der Waals surface area contributed by atoms with Crippen molar-refractivity contribution in [3.8, 4) is 0 Å². The van der Waals surface area contributed by atoms with Crippen molar-refractivity contribution in [2.24, 2.45) is 0 Å². The minimum atomic E-state index is -5.47. The second kappa shape index (κ2) is 14.8. The molecular weight excluding hydrogens is 554 g/mol. The summed E-state index contributed by atoms with van der Waals surface area (Å²) in [6.45, 7) is 15.3. The van der Waals surface area contributed by atoms with Crippen LogP contribution in [-0.4, -0.2) is 62.9 Å². The summed E-state index contributed by atoms with van der Waals surface area (Å²) < 4.78 is 40.7. The molecule has 0 fully saturated rings. The van der Waals surface area contributed by atoms with E-state index in [1.807, 2.05) is 0 Å². The number of unbranched alkanes of at least 4 members (excludes halogenated alkanes) is 3. The lowest BCUT2D eigenvalue weighted by atomic mass is 10.2. The van der Waals surface area contributed by atoms with Crippen molar-refractivity contribution in [1.82, 2.24) is 0 Å². The summed E-state index contributed by atoms with van der Waals surface area (Å²) in [5, 5.41) is 0. The van der Waals surface area contributed by atoms with E-state index in [2.05, 4.69) is 32.1 Å². The third kappa shape index (κ3) is 15.1. The highest BCUT2D eigenvalue weighted by molar-refractivity contribution is 7.82. The molecule has 33 heavy (non-hydrogen) atoms. The van der Waals surface area contributed by atoms with Crippen LogP contribution in [0, 0.1) is 0 Å². The molecule has 10 nitrogen and oxygen atoms in total. The van der Waals surface area contributed by atoms with E-state index in [1.54, 1.807) is 0 Å². The molecule has 0 saturated heterocycles. The van der Waals surface area contributed by atoms with Gasteiger partial charge in [0.1, 0.15) is 0 Å². The summed E-state index contributed by atoms with van der Waals surface area (Å²) in [6.07, 6.45) is 8.20. The van der Waals surface area contributed by atoms with Crippen molar-refractivity contribution in [2.75, 3.05) is 26.7 Å². The van der Waals surface area contributed by atoms with Crippen LogP contribution in [0.4, 0.5) is 0 Å². The maximum atomic E-state index is 12.3. The van der Waals surface area contributed by atoms with Crippen molar-refractivity contribution >= 4 is 54.5 Å². The summed E-state index contributed by atoms with van der Waals surface area (Å²) in [7, 11) is -16.5. The van der Waals surface area contributed by atoms with Gasteiger partial charge in [-0.05, 0) is 38.9 Å². The molecule has 1 unspecified atom stereocenters. The molecule has 0 aromatic carbocycles. The monoisotopic (exact) mass is 596 g/mol. The van der Waals surface area contributed by atoms with E-state index in [1.165, 1.54) is 82.3 Å². The Labute approximate surface area is 210 Å². The highest BCUT2D eigenvalue weighted by Gasteiger charge is 2.64. The molecule has 1 atom stereocenters. The van der Waals surface area contributed by atoms with Gasteiger partial charge in [-0.3, -0.25) is 9.13 Å². The van der Waals surface area contributed by atoms with Gasteiger partial charge in [0.2, 0.25) is 0 Å². The Hall–Kier alpha value is 1.21. The Morgan fingerprint density at radius 1 is 0.818 bits per heavy atom. The molecule has 0 spiro atoms. The SMILES string of the molecule is CCCC[N+](C)(CCCC)CCCC.C[Si](C)(C)OP(=O)(OP(=O)(O)O)C(Cl)(Cl)P(=O)(O)O. The van der Waals surface area contributed by atoms with E-state index in [4.69, 9.17) is 47.0 Å². The fraction of sp³-hybridized carbons (Fsp3) is 1.00. The molecule has 0 aliphatic rings. The lowest BCUT2D eigenvalue weighted by Gasteiger charge is -2.34. The van der Waals surface area contributed by atoms with E-state index in [0.717, 1.165) is 0 Å². The van der Waals surface area contributed by atoms with E-state index in [0.29, 0.717) is 0 Å². The van der Waals surface area contributed by atoms with E-state index in [9.17, 15) is 13.7 Å². The van der Waals surface area contributed by atoms with Crippen LogP contribution in [-0.2, 0) is 22.2 Å². The number of nitrogens with zero attached hydrogens (tertiary/aromatic N) is 1. The predicted octanol–water partition coefficient (Wildman–Crippen LogP) is 6.24. The maximum absolute atomic E-state index is 12.3. The van der Waals surface area contributed by atoms with E-state index >= 15 is 0 Å². The van der Waals surface area contributed by atoms with Crippen molar-refractivity contribution in [3.63, 3.8) is 0 Å². The van der Waals surface area contributed by atoms with Crippen LogP contribution < -0.4 is 0 Å². The number of hydrogen-bond donors (Lipinski definition) is 4. The zero-order valence-electron chi connectivity index (χ0n) is 20.7. The van der Waals surface area contributed by atoms with Crippen molar-refractivity contribution < 1.29 is 46.3 Å². The van der Waals surface area contributed by atoms with Gasteiger partial charge in [-0.15, -0.1) is 0 Å². The standard InChI is InChI=1S/C13H30N.C4H13Cl2O9P3Si/c1-5-8-11-14(4,12-9-6-2)13-10-7-3;1-19(2,3)15-17(10,14-18(11,12)13)4(5,6)16(7,8)9/h5-13H2,1-4H3;1-3H3,(H2,7,8,9)(H2,11,12,13)/q+1;. The Bertz CT molecular complexity index is 689. The van der Waals surface area contributed by atoms with Gasteiger partial charge in [-0.1, -0.05) is 63.2 Å². The number of phosphoric acid groups is 1. The zero-order valence-corrected chi connectivity index (χ0v) is 25.9. The molecule has 0 aliphatic heterocycles. The fourth-order valence-corrected chi connectivity index (χ4v) is 11.2. The van der Waals surface area contributed by atoms with Gasteiger partial charge in [-0.25, -0.2) is 8.88 Å². The van der Waals surface area contributed by atoms with Gasteiger partial charge in [0.25, 0.3) is 0 Å². The topological polar surface area (TPSA) is 151 Å². The highest BCUT2D eigenvalue weighted by atomic mass is 35.5. The lowest BCUT2D eigenvalue weighted by Crippen LogP contribution is -2.46. The number of hydrogen-bond acceptors (Lipinski definition) is 5. The number of halogens is 2. The zero-order chi connectivity index (χ0) is 26.8. The molecular formula is C17H43Cl2NO9P3Si+. The van der Waals surface area contributed by atoms with Gasteiger partial charge < -0.3 is 28.3 Å². The first-order chi connectivity index (χ1) is 14.6. The number of alkyl halides is 2. The Morgan fingerprint density at radius 2 is 1.15 bits per heavy atom. The molecule has 0 radical (unpaired) electrons. The summed E-state index contributed by atoms with van der Waals surface area (Å²) in [5.74, 6) is 0. The fourth-order valence-electron chi connectivity index (χ4n) is 2.74. The molecule has 0 aliphatic carbocycles. The number of rotatable bonds is 15. The van der Waals surface area contributed by atoms with Crippen LogP contribution in [0.25, 0.3) is 0 Å². The first kappa shape index (κ1) is 36.4. The molecule has 0 rings (SSSR count). The van der Waals surface area contributed by atoms with Crippen molar-refractivity contribution in [3.05, 3.63) is 0 Å². The average molecular weight is 597 g/mol.